The van der Waals surface area contributed by atoms with Gasteiger partial charge < -0.3 is 3.79 Å². The van der Waals surface area contributed by atoms with E-state index in [1.54, 1.807) is 0 Å². The van der Waals surface area contributed by atoms with E-state index < -0.39 is 18.1 Å². The first-order chi connectivity index (χ1) is 4.52. The van der Waals surface area contributed by atoms with Gasteiger partial charge in [0, 0.05) is 0 Å². The Morgan fingerprint density at radius 1 is 1.50 bits per heavy atom. The summed E-state index contributed by atoms with van der Waals surface area (Å²) in [6, 6.07) is 0. The SMILES string of the molecule is ClC1C[CH2][Al]([Cl])[O]C1(Cl)Cl. The molecule has 1 atom stereocenters. The standard InChI is InChI=1S/C4H5Cl3O.Al.ClH/c1-2-3(5)4(6,7)8;;/h3H,1-2H2;;1H/q-1;+2;/p-1. The monoisotopic (exact) mass is 236 g/mol. The van der Waals surface area contributed by atoms with Gasteiger partial charge in [-0.3, -0.25) is 0 Å². The van der Waals surface area contributed by atoms with E-state index >= 15 is 0 Å². The summed E-state index contributed by atoms with van der Waals surface area (Å²) in [5, 5.41) is 0.495. The summed E-state index contributed by atoms with van der Waals surface area (Å²) in [5.74, 6) is 0. The molecule has 6 heteroatoms. The van der Waals surface area contributed by atoms with E-state index in [0.29, 0.717) is 0 Å². The zero-order valence-corrected chi connectivity index (χ0v) is 9.17. The Hall–Kier alpha value is 1.65. The number of halogens is 4. The van der Waals surface area contributed by atoms with Crippen LogP contribution in [0, 0.1) is 0 Å². The molecule has 0 aromatic heterocycles. The van der Waals surface area contributed by atoms with E-state index in [1.165, 1.54) is 0 Å². The Morgan fingerprint density at radius 3 is 2.50 bits per heavy atom. The van der Waals surface area contributed by atoms with Gasteiger partial charge >= 0.3 is 13.6 Å². The molecule has 1 heterocycles. The van der Waals surface area contributed by atoms with Crippen LogP contribution in [0.25, 0.3) is 0 Å². The van der Waals surface area contributed by atoms with Crippen molar-refractivity contribution in [3.8, 4) is 0 Å². The molecule has 1 aliphatic heterocycles. The van der Waals surface area contributed by atoms with Crippen LogP contribution >= 0.6 is 44.9 Å². The highest BCUT2D eigenvalue weighted by atomic mass is 35.6. The summed E-state index contributed by atoms with van der Waals surface area (Å²) in [6.45, 7) is 0. The maximum Gasteiger partial charge on any atom is 0.593 e. The molecule has 1 fully saturated rings. The molecule has 1 unspecified atom stereocenters. The van der Waals surface area contributed by atoms with Crippen molar-refractivity contribution in [1.82, 2.24) is 0 Å². The highest BCUT2D eigenvalue weighted by Gasteiger charge is 2.43. The van der Waals surface area contributed by atoms with E-state index in [-0.39, 0.29) is 5.38 Å². The molecule has 1 nitrogen and oxygen atoms in total. The Morgan fingerprint density at radius 2 is 2.10 bits per heavy atom. The lowest BCUT2D eigenvalue weighted by Crippen LogP contribution is -2.39. The van der Waals surface area contributed by atoms with Gasteiger partial charge in [-0.05, 0) is 6.42 Å². The Balaban J connectivity index is 2.55. The van der Waals surface area contributed by atoms with Gasteiger partial charge in [0.1, 0.15) is 0 Å². The molecule has 10 heavy (non-hydrogen) atoms. The van der Waals surface area contributed by atoms with Crippen LogP contribution in [0.4, 0.5) is 0 Å². The second-order valence-corrected chi connectivity index (χ2v) is 7.07. The fourth-order valence-electron chi connectivity index (χ4n) is 0.749. The average molecular weight is 238 g/mol. The first-order valence-electron chi connectivity index (χ1n) is 2.86. The Bertz CT molecular complexity index is 130. The zero-order valence-electron chi connectivity index (χ0n) is 4.99. The first-order valence-corrected chi connectivity index (χ1v) is 7.09. The summed E-state index contributed by atoms with van der Waals surface area (Å²) in [4.78, 5) is 0. The summed E-state index contributed by atoms with van der Waals surface area (Å²) in [5.41, 5.74) is 0. The van der Waals surface area contributed by atoms with E-state index in [1.807, 2.05) is 0 Å². The lowest BCUT2D eigenvalue weighted by atomic mass is 10.3. The third-order valence-electron chi connectivity index (χ3n) is 1.30. The van der Waals surface area contributed by atoms with Crippen LogP contribution < -0.4 is 0 Å². The minimum absolute atomic E-state index is 0.335. The van der Waals surface area contributed by atoms with Gasteiger partial charge in [-0.1, -0.05) is 28.5 Å². The molecule has 0 bridgehead atoms. The van der Waals surface area contributed by atoms with Crippen molar-refractivity contribution in [2.45, 2.75) is 21.6 Å². The van der Waals surface area contributed by atoms with Crippen molar-refractivity contribution < 1.29 is 3.79 Å². The third kappa shape index (κ3) is 2.32. The molecule has 58 valence electrons. The average Bonchev–Trinajstić information content (AvgIpc) is 1.78. The predicted molar refractivity (Wildman–Crippen MR) is 46.2 cm³/mol. The summed E-state index contributed by atoms with van der Waals surface area (Å²) < 4.78 is 3.84. The molecule has 1 saturated heterocycles. The van der Waals surface area contributed by atoms with Gasteiger partial charge in [-0.15, -0.1) is 11.6 Å². The smallest absolute Gasteiger partial charge is 0.459 e. The molecule has 0 aliphatic carbocycles. The van der Waals surface area contributed by atoms with Gasteiger partial charge in [0.05, 0.1) is 5.38 Å². The predicted octanol–water partition coefficient (Wildman–Crippen LogP) is 2.87. The normalized spacial score (nSPS) is 32.4. The molecule has 0 aromatic carbocycles. The molecule has 0 amide bonds. The van der Waals surface area contributed by atoms with Crippen molar-refractivity contribution in [1.29, 1.82) is 0 Å². The van der Waals surface area contributed by atoms with Crippen LogP contribution in [0.5, 0.6) is 0 Å². The summed E-state index contributed by atoms with van der Waals surface area (Å²) >= 11 is 15.5. The largest absolute Gasteiger partial charge is 0.593 e. The highest BCUT2D eigenvalue weighted by molar-refractivity contribution is 7.03. The van der Waals surface area contributed by atoms with Gasteiger partial charge in [-0.25, -0.2) is 10.0 Å². The molecule has 0 N–H and O–H groups in total. The van der Waals surface area contributed by atoms with Gasteiger partial charge in [0.25, 0.3) is 0 Å². The quantitative estimate of drug-likeness (QED) is 0.465. The molecule has 1 rings (SSSR count). The van der Waals surface area contributed by atoms with Crippen molar-refractivity contribution in [3.05, 3.63) is 0 Å². The number of alkyl halides is 3. The van der Waals surface area contributed by atoms with E-state index in [0.717, 1.165) is 11.7 Å². The van der Waals surface area contributed by atoms with Crippen molar-refractivity contribution in [3.63, 3.8) is 0 Å². The highest BCUT2D eigenvalue weighted by Crippen LogP contribution is 2.39. The molecule has 0 spiro atoms. The van der Waals surface area contributed by atoms with E-state index in [9.17, 15) is 0 Å². The maximum absolute atomic E-state index is 5.76. The first kappa shape index (κ1) is 9.74. The lowest BCUT2D eigenvalue weighted by Gasteiger charge is -2.32. The van der Waals surface area contributed by atoms with Crippen LogP contribution in [0.3, 0.4) is 0 Å². The maximum atomic E-state index is 5.76. The molecule has 1 aliphatic rings. The molecule has 0 aromatic rings. The van der Waals surface area contributed by atoms with Crippen LogP contribution in [0.1, 0.15) is 6.42 Å². The fraction of sp³-hybridized carbons (Fsp3) is 1.00. The fourth-order valence-corrected chi connectivity index (χ4v) is 4.38. The van der Waals surface area contributed by atoms with Crippen LogP contribution in [-0.4, -0.2) is 23.5 Å². The molecular formula is C4H5AlCl4O. The van der Waals surface area contributed by atoms with Crippen LogP contribution in [0.15, 0.2) is 0 Å². The molecule has 0 radical (unpaired) electrons. The Labute approximate surface area is 83.4 Å². The number of hydrogen-bond acceptors (Lipinski definition) is 1. The minimum atomic E-state index is -1.63. The molecular weight excluding hydrogens is 233 g/mol. The van der Waals surface area contributed by atoms with Crippen LogP contribution in [-0.2, 0) is 3.79 Å². The lowest BCUT2D eigenvalue weighted by molar-refractivity contribution is 0.222. The summed E-state index contributed by atoms with van der Waals surface area (Å²) in [6.07, 6.45) is 0.745. The van der Waals surface area contributed by atoms with E-state index in [4.69, 9.17) is 48.6 Å². The van der Waals surface area contributed by atoms with Crippen molar-refractivity contribution in [2.75, 3.05) is 0 Å². The summed E-state index contributed by atoms with van der Waals surface area (Å²) in [7, 11) is 5.76. The van der Waals surface area contributed by atoms with Crippen LogP contribution in [0.2, 0.25) is 5.28 Å². The molecule has 0 saturated carbocycles. The van der Waals surface area contributed by atoms with Gasteiger partial charge in [-0.2, -0.15) is 0 Å². The van der Waals surface area contributed by atoms with Gasteiger partial charge in [0.2, 0.25) is 4.52 Å². The van der Waals surface area contributed by atoms with Gasteiger partial charge in [0.15, 0.2) is 0 Å². The number of rotatable bonds is 0. The topological polar surface area (TPSA) is 9.23 Å². The second-order valence-electron chi connectivity index (χ2n) is 2.13. The minimum Gasteiger partial charge on any atom is -0.459 e. The third-order valence-corrected chi connectivity index (χ3v) is 5.39. The zero-order chi connectivity index (χ0) is 7.78. The van der Waals surface area contributed by atoms with E-state index in [2.05, 4.69) is 0 Å². The van der Waals surface area contributed by atoms with Crippen molar-refractivity contribution >= 4 is 58.4 Å². The van der Waals surface area contributed by atoms with Crippen molar-refractivity contribution in [2.24, 2.45) is 0 Å². The number of hydrogen-bond donors (Lipinski definition) is 0. The second kappa shape index (κ2) is 3.58. The Kier molecular flexibility index (Phi) is 3.49.